The molecule has 0 aliphatic rings. The lowest BCUT2D eigenvalue weighted by Crippen LogP contribution is -2.16. The fraction of sp³-hybridized carbons (Fsp3) is 0.125. The van der Waals surface area contributed by atoms with Gasteiger partial charge in [-0.2, -0.15) is 4.98 Å². The summed E-state index contributed by atoms with van der Waals surface area (Å²) >= 11 is 0. The van der Waals surface area contributed by atoms with Crippen LogP contribution in [0.5, 0.6) is 0 Å². The fourth-order valence-corrected chi connectivity index (χ4v) is 2.27. The zero-order chi connectivity index (χ0) is 14.8. The van der Waals surface area contributed by atoms with Crippen molar-refractivity contribution in [3.63, 3.8) is 0 Å². The topological polar surface area (TPSA) is 67.1 Å². The SMILES string of the molecule is Cc1ccc(N(C)c2nc(NN)nc3ccccc23)cc1. The zero-order valence-corrected chi connectivity index (χ0v) is 12.0. The standard InChI is InChI=1S/C16H17N5/c1-11-7-9-12(10-8-11)21(2)15-13-5-3-4-6-14(13)18-16(19-15)20-17/h3-10H,17H2,1-2H3,(H,18,19,20). The summed E-state index contributed by atoms with van der Waals surface area (Å²) in [4.78, 5) is 10.9. The number of rotatable bonds is 3. The van der Waals surface area contributed by atoms with Gasteiger partial charge in [0.2, 0.25) is 5.95 Å². The predicted molar refractivity (Wildman–Crippen MR) is 86.6 cm³/mol. The van der Waals surface area contributed by atoms with Gasteiger partial charge >= 0.3 is 0 Å². The van der Waals surface area contributed by atoms with Crippen molar-refractivity contribution in [1.82, 2.24) is 9.97 Å². The van der Waals surface area contributed by atoms with E-state index in [2.05, 4.69) is 46.6 Å². The lowest BCUT2D eigenvalue weighted by molar-refractivity contribution is 1.09. The summed E-state index contributed by atoms with van der Waals surface area (Å²) in [6.07, 6.45) is 0. The molecule has 21 heavy (non-hydrogen) atoms. The third-order valence-electron chi connectivity index (χ3n) is 3.45. The van der Waals surface area contributed by atoms with Gasteiger partial charge in [0.05, 0.1) is 5.52 Å². The molecule has 3 N–H and O–H groups in total. The molecule has 0 saturated heterocycles. The van der Waals surface area contributed by atoms with Crippen LogP contribution in [0.4, 0.5) is 17.5 Å². The van der Waals surface area contributed by atoms with Crippen molar-refractivity contribution >= 4 is 28.4 Å². The average molecular weight is 279 g/mol. The van der Waals surface area contributed by atoms with Crippen molar-refractivity contribution in [2.24, 2.45) is 5.84 Å². The number of aromatic nitrogens is 2. The lowest BCUT2D eigenvalue weighted by Gasteiger charge is -2.20. The van der Waals surface area contributed by atoms with Crippen LogP contribution in [-0.2, 0) is 0 Å². The van der Waals surface area contributed by atoms with Crippen LogP contribution in [-0.4, -0.2) is 17.0 Å². The van der Waals surface area contributed by atoms with Gasteiger partial charge in [0, 0.05) is 18.1 Å². The van der Waals surface area contributed by atoms with Crippen molar-refractivity contribution in [2.45, 2.75) is 6.92 Å². The molecule has 0 aliphatic heterocycles. The number of anilines is 3. The first-order valence-corrected chi connectivity index (χ1v) is 6.73. The van der Waals surface area contributed by atoms with E-state index in [1.54, 1.807) is 0 Å². The average Bonchev–Trinajstić information content (AvgIpc) is 2.53. The van der Waals surface area contributed by atoms with Crippen LogP contribution >= 0.6 is 0 Å². The number of nitrogens with one attached hydrogen (secondary N) is 1. The molecule has 1 heterocycles. The van der Waals surface area contributed by atoms with Crippen LogP contribution in [0.15, 0.2) is 48.5 Å². The van der Waals surface area contributed by atoms with Crippen molar-refractivity contribution in [1.29, 1.82) is 0 Å². The maximum atomic E-state index is 5.47. The summed E-state index contributed by atoms with van der Waals surface area (Å²) in [5.41, 5.74) is 5.67. The van der Waals surface area contributed by atoms with Crippen LogP contribution in [0.3, 0.4) is 0 Å². The van der Waals surface area contributed by atoms with E-state index < -0.39 is 0 Å². The van der Waals surface area contributed by atoms with Gasteiger partial charge in [-0.25, -0.2) is 10.8 Å². The van der Waals surface area contributed by atoms with Gasteiger partial charge in [-0.05, 0) is 31.2 Å². The molecule has 5 nitrogen and oxygen atoms in total. The largest absolute Gasteiger partial charge is 0.329 e. The predicted octanol–water partition coefficient (Wildman–Crippen LogP) is 2.99. The van der Waals surface area contributed by atoms with Gasteiger partial charge in [0.25, 0.3) is 0 Å². The normalized spacial score (nSPS) is 10.6. The number of aryl methyl sites for hydroxylation is 1. The molecule has 3 aromatic rings. The van der Waals surface area contributed by atoms with Crippen molar-refractivity contribution < 1.29 is 0 Å². The molecule has 2 aromatic carbocycles. The molecular weight excluding hydrogens is 262 g/mol. The second kappa shape index (κ2) is 5.38. The summed E-state index contributed by atoms with van der Waals surface area (Å²) < 4.78 is 0. The molecule has 106 valence electrons. The van der Waals surface area contributed by atoms with Gasteiger partial charge in [0.15, 0.2) is 0 Å². The highest BCUT2D eigenvalue weighted by Gasteiger charge is 2.12. The first-order chi connectivity index (χ1) is 10.2. The maximum Gasteiger partial charge on any atom is 0.239 e. The molecule has 0 atom stereocenters. The molecule has 0 spiro atoms. The van der Waals surface area contributed by atoms with Gasteiger partial charge < -0.3 is 4.90 Å². The first-order valence-electron chi connectivity index (χ1n) is 6.73. The number of hydrogen-bond acceptors (Lipinski definition) is 5. The summed E-state index contributed by atoms with van der Waals surface area (Å²) in [6.45, 7) is 2.07. The van der Waals surface area contributed by atoms with E-state index in [0.717, 1.165) is 22.4 Å². The third kappa shape index (κ3) is 2.51. The molecule has 0 aliphatic carbocycles. The van der Waals surface area contributed by atoms with Crippen LogP contribution in [0.25, 0.3) is 10.9 Å². The van der Waals surface area contributed by atoms with E-state index in [9.17, 15) is 0 Å². The number of hydrazine groups is 1. The minimum Gasteiger partial charge on any atom is -0.329 e. The molecule has 0 unspecified atom stereocenters. The highest BCUT2D eigenvalue weighted by molar-refractivity contribution is 5.92. The Balaban J connectivity index is 2.16. The Hall–Kier alpha value is -2.66. The minimum absolute atomic E-state index is 0.405. The summed E-state index contributed by atoms with van der Waals surface area (Å²) in [7, 11) is 1.99. The van der Waals surface area contributed by atoms with Gasteiger partial charge in [-0.1, -0.05) is 29.8 Å². The Morgan fingerprint density at radius 2 is 1.71 bits per heavy atom. The number of nitrogen functional groups attached to an aromatic ring is 1. The second-order valence-corrected chi connectivity index (χ2v) is 4.93. The number of para-hydroxylation sites is 1. The zero-order valence-electron chi connectivity index (χ0n) is 12.0. The number of fused-ring (bicyclic) bond motifs is 1. The molecule has 0 radical (unpaired) electrons. The lowest BCUT2D eigenvalue weighted by atomic mass is 10.2. The van der Waals surface area contributed by atoms with Gasteiger partial charge in [-0.15, -0.1) is 0 Å². The van der Waals surface area contributed by atoms with Crippen LogP contribution in [0, 0.1) is 6.92 Å². The number of nitrogens with zero attached hydrogens (tertiary/aromatic N) is 3. The second-order valence-electron chi connectivity index (χ2n) is 4.93. The highest BCUT2D eigenvalue weighted by Crippen LogP contribution is 2.29. The van der Waals surface area contributed by atoms with Crippen molar-refractivity contribution in [3.05, 3.63) is 54.1 Å². The van der Waals surface area contributed by atoms with Crippen molar-refractivity contribution in [3.8, 4) is 0 Å². The Bertz CT molecular complexity index is 767. The summed E-state index contributed by atoms with van der Waals surface area (Å²) in [5, 5.41) is 0.986. The molecule has 0 fully saturated rings. The summed E-state index contributed by atoms with van der Waals surface area (Å²) in [6, 6.07) is 16.2. The summed E-state index contributed by atoms with van der Waals surface area (Å²) in [5.74, 6) is 6.70. The Kier molecular flexibility index (Phi) is 3.41. The van der Waals surface area contributed by atoms with E-state index >= 15 is 0 Å². The molecule has 0 amide bonds. The van der Waals surface area contributed by atoms with Gasteiger partial charge in [0.1, 0.15) is 5.82 Å². The van der Waals surface area contributed by atoms with E-state index in [1.165, 1.54) is 5.56 Å². The third-order valence-corrected chi connectivity index (χ3v) is 3.45. The minimum atomic E-state index is 0.405. The van der Waals surface area contributed by atoms with Crippen LogP contribution in [0.1, 0.15) is 5.56 Å². The number of benzene rings is 2. The number of hydrogen-bond donors (Lipinski definition) is 2. The molecular formula is C16H17N5. The Morgan fingerprint density at radius 3 is 2.43 bits per heavy atom. The maximum absolute atomic E-state index is 5.47. The quantitative estimate of drug-likeness (QED) is 0.570. The van der Waals surface area contributed by atoms with E-state index in [4.69, 9.17) is 5.84 Å². The molecule has 0 saturated carbocycles. The molecule has 1 aromatic heterocycles. The van der Waals surface area contributed by atoms with Crippen molar-refractivity contribution in [2.75, 3.05) is 17.4 Å². The van der Waals surface area contributed by atoms with E-state index in [1.807, 2.05) is 36.2 Å². The smallest absolute Gasteiger partial charge is 0.239 e. The van der Waals surface area contributed by atoms with Crippen LogP contribution in [0.2, 0.25) is 0 Å². The molecule has 0 bridgehead atoms. The molecule has 5 heteroatoms. The highest BCUT2D eigenvalue weighted by atomic mass is 15.3. The monoisotopic (exact) mass is 279 g/mol. The Morgan fingerprint density at radius 1 is 1.00 bits per heavy atom. The Labute approximate surface area is 123 Å². The fourth-order valence-electron chi connectivity index (χ4n) is 2.27. The van der Waals surface area contributed by atoms with Gasteiger partial charge in [-0.3, -0.25) is 5.43 Å². The molecule has 3 rings (SSSR count). The number of nitrogens with two attached hydrogens (primary N) is 1. The van der Waals surface area contributed by atoms with E-state index in [-0.39, 0.29) is 0 Å². The van der Waals surface area contributed by atoms with E-state index in [0.29, 0.717) is 5.95 Å². The first kappa shape index (κ1) is 13.3. The van der Waals surface area contributed by atoms with Crippen LogP contribution < -0.4 is 16.2 Å².